The van der Waals surface area contributed by atoms with Gasteiger partial charge in [-0.15, -0.1) is 0 Å². The van der Waals surface area contributed by atoms with Crippen LogP contribution in [0.25, 0.3) is 5.78 Å². The number of benzene rings is 1. The first kappa shape index (κ1) is 21.2. The fourth-order valence-electron chi connectivity index (χ4n) is 3.74. The number of fused-ring (bicyclic) bond motifs is 1. The average Bonchev–Trinajstić information content (AvgIpc) is 3.25. The molecular formula is C21H25N5O4S. The van der Waals surface area contributed by atoms with E-state index >= 15 is 0 Å². The number of carbonyl (C=O) groups is 1. The molecule has 0 saturated carbocycles. The first-order valence-electron chi connectivity index (χ1n) is 10.3. The van der Waals surface area contributed by atoms with E-state index in [1.165, 1.54) is 6.33 Å². The minimum absolute atomic E-state index is 0.0399. The van der Waals surface area contributed by atoms with Crippen LogP contribution in [0.5, 0.6) is 0 Å². The molecule has 164 valence electrons. The summed E-state index contributed by atoms with van der Waals surface area (Å²) < 4.78 is 32.4. The number of likely N-dealkylation sites (tertiary alicyclic amines) is 1. The molecule has 3 aromatic rings. The number of ether oxygens (including phenoxy) is 1. The van der Waals surface area contributed by atoms with E-state index < -0.39 is 15.1 Å². The number of carbonyl (C=O) groups excluding carboxylic acids is 1. The lowest BCUT2D eigenvalue weighted by Crippen LogP contribution is -2.43. The minimum atomic E-state index is -3.24. The molecule has 0 N–H and O–H groups in total. The van der Waals surface area contributed by atoms with E-state index in [2.05, 4.69) is 15.1 Å². The van der Waals surface area contributed by atoms with Gasteiger partial charge in [0.05, 0.1) is 17.6 Å². The van der Waals surface area contributed by atoms with Crippen LogP contribution in [0.2, 0.25) is 0 Å². The lowest BCUT2D eigenvalue weighted by Gasteiger charge is -2.31. The number of sulfone groups is 1. The molecule has 1 aliphatic rings. The van der Waals surface area contributed by atoms with Gasteiger partial charge in [-0.3, -0.25) is 0 Å². The molecule has 1 aliphatic heterocycles. The van der Waals surface area contributed by atoms with E-state index in [1.54, 1.807) is 15.6 Å². The van der Waals surface area contributed by atoms with Gasteiger partial charge in [-0.25, -0.2) is 22.7 Å². The molecule has 9 nitrogen and oxygen atoms in total. The van der Waals surface area contributed by atoms with Crippen LogP contribution in [-0.4, -0.2) is 63.9 Å². The van der Waals surface area contributed by atoms with Gasteiger partial charge in [-0.1, -0.05) is 30.3 Å². The topological polar surface area (TPSA) is 107 Å². The SMILES string of the molecule is O=C(OCCCc1cnc2ncnn2c1)N1CCC(S(=O)(=O)Cc2ccccc2)CC1. The van der Waals surface area contributed by atoms with Gasteiger partial charge < -0.3 is 9.64 Å². The van der Waals surface area contributed by atoms with Crippen molar-refractivity contribution < 1.29 is 17.9 Å². The van der Waals surface area contributed by atoms with Crippen molar-refractivity contribution in [2.45, 2.75) is 36.7 Å². The van der Waals surface area contributed by atoms with Crippen LogP contribution >= 0.6 is 0 Å². The van der Waals surface area contributed by atoms with E-state index in [9.17, 15) is 13.2 Å². The van der Waals surface area contributed by atoms with Gasteiger partial charge in [0.25, 0.3) is 5.78 Å². The van der Waals surface area contributed by atoms with Gasteiger partial charge in [-0.05, 0) is 36.8 Å². The molecule has 3 heterocycles. The number of nitrogens with zero attached hydrogens (tertiary/aromatic N) is 5. The molecule has 1 amide bonds. The van der Waals surface area contributed by atoms with Crippen LogP contribution < -0.4 is 0 Å². The number of rotatable bonds is 7. The second-order valence-corrected chi connectivity index (χ2v) is 9.95. The molecule has 2 aromatic heterocycles. The largest absolute Gasteiger partial charge is 0.449 e. The predicted molar refractivity (Wildman–Crippen MR) is 114 cm³/mol. The Morgan fingerprint density at radius 2 is 1.87 bits per heavy atom. The van der Waals surface area contributed by atoms with Crippen LogP contribution in [0.4, 0.5) is 4.79 Å². The van der Waals surface area contributed by atoms with Crippen molar-refractivity contribution in [1.82, 2.24) is 24.5 Å². The number of aryl methyl sites for hydroxylation is 1. The highest BCUT2D eigenvalue weighted by Crippen LogP contribution is 2.22. The van der Waals surface area contributed by atoms with Gasteiger partial charge in [-0.2, -0.15) is 10.1 Å². The van der Waals surface area contributed by atoms with Crippen LogP contribution in [0, 0.1) is 0 Å². The lowest BCUT2D eigenvalue weighted by atomic mass is 10.1. The smallest absolute Gasteiger partial charge is 0.409 e. The molecule has 0 unspecified atom stereocenters. The van der Waals surface area contributed by atoms with Gasteiger partial charge >= 0.3 is 6.09 Å². The molecule has 0 atom stereocenters. The molecule has 1 aromatic carbocycles. The summed E-state index contributed by atoms with van der Waals surface area (Å²) in [4.78, 5) is 22.1. The molecule has 4 rings (SSSR count). The lowest BCUT2D eigenvalue weighted by molar-refractivity contribution is 0.0946. The summed E-state index contributed by atoms with van der Waals surface area (Å²) in [6, 6.07) is 9.20. The van der Waals surface area contributed by atoms with E-state index in [0.717, 1.165) is 11.1 Å². The zero-order valence-corrected chi connectivity index (χ0v) is 17.9. The summed E-state index contributed by atoms with van der Waals surface area (Å²) >= 11 is 0. The third-order valence-corrected chi connectivity index (χ3v) is 7.67. The maximum absolute atomic E-state index is 12.7. The summed E-state index contributed by atoms with van der Waals surface area (Å²) in [6.45, 7) is 1.08. The summed E-state index contributed by atoms with van der Waals surface area (Å²) in [5.74, 6) is 0.586. The van der Waals surface area contributed by atoms with Crippen molar-refractivity contribution in [2.24, 2.45) is 0 Å². The van der Waals surface area contributed by atoms with Crippen LogP contribution in [0.15, 0.2) is 49.1 Å². The first-order chi connectivity index (χ1) is 15.0. The molecule has 0 bridgehead atoms. The number of aromatic nitrogens is 4. The Balaban J connectivity index is 1.19. The highest BCUT2D eigenvalue weighted by molar-refractivity contribution is 7.91. The minimum Gasteiger partial charge on any atom is -0.449 e. The quantitative estimate of drug-likeness (QED) is 0.516. The average molecular weight is 444 g/mol. The summed E-state index contributed by atoms with van der Waals surface area (Å²) in [7, 11) is -3.24. The highest BCUT2D eigenvalue weighted by atomic mass is 32.2. The van der Waals surface area contributed by atoms with Crippen LogP contribution in [0.3, 0.4) is 0 Å². The van der Waals surface area contributed by atoms with Gasteiger partial charge in [0, 0.05) is 25.5 Å². The monoisotopic (exact) mass is 443 g/mol. The summed E-state index contributed by atoms with van der Waals surface area (Å²) in [6.07, 6.45) is 6.91. The predicted octanol–water partition coefficient (Wildman–Crippen LogP) is 2.27. The van der Waals surface area contributed by atoms with E-state index in [4.69, 9.17) is 4.74 Å². The molecule has 1 saturated heterocycles. The number of hydrogen-bond acceptors (Lipinski definition) is 7. The molecule has 0 radical (unpaired) electrons. The number of hydrogen-bond donors (Lipinski definition) is 0. The van der Waals surface area contributed by atoms with Crippen molar-refractivity contribution in [3.05, 3.63) is 60.2 Å². The second-order valence-electron chi connectivity index (χ2n) is 7.66. The number of piperidine rings is 1. The van der Waals surface area contributed by atoms with Crippen LogP contribution in [-0.2, 0) is 26.7 Å². The van der Waals surface area contributed by atoms with E-state index in [-0.39, 0.29) is 11.8 Å². The molecule has 0 aliphatic carbocycles. The Labute approximate surface area is 181 Å². The zero-order valence-electron chi connectivity index (χ0n) is 17.1. The van der Waals surface area contributed by atoms with E-state index in [1.807, 2.05) is 36.5 Å². The highest BCUT2D eigenvalue weighted by Gasteiger charge is 2.32. The maximum atomic E-state index is 12.7. The molecule has 10 heteroatoms. The molecule has 0 spiro atoms. The van der Waals surface area contributed by atoms with Gasteiger partial charge in [0.2, 0.25) is 0 Å². The molecular weight excluding hydrogens is 418 g/mol. The van der Waals surface area contributed by atoms with Crippen LogP contribution in [0.1, 0.15) is 30.4 Å². The van der Waals surface area contributed by atoms with E-state index in [0.29, 0.717) is 51.2 Å². The molecule has 1 fully saturated rings. The molecule has 31 heavy (non-hydrogen) atoms. The normalized spacial score (nSPS) is 15.3. The summed E-state index contributed by atoms with van der Waals surface area (Å²) in [5, 5.41) is 3.63. The Hall–Kier alpha value is -3.01. The zero-order chi connectivity index (χ0) is 21.7. The Morgan fingerprint density at radius 3 is 2.65 bits per heavy atom. The van der Waals surface area contributed by atoms with Crippen molar-refractivity contribution in [3.63, 3.8) is 0 Å². The standard InChI is InChI=1S/C21H25N5O4S/c27-21(30-12-4-7-18-13-22-20-23-16-24-26(20)14-18)25-10-8-19(9-11-25)31(28,29)15-17-5-2-1-3-6-17/h1-3,5-6,13-14,16,19H,4,7-12,15H2. The van der Waals surface area contributed by atoms with Gasteiger partial charge in [0.15, 0.2) is 9.84 Å². The van der Waals surface area contributed by atoms with Crippen molar-refractivity contribution >= 4 is 21.7 Å². The maximum Gasteiger partial charge on any atom is 0.409 e. The Bertz CT molecular complexity index is 1120. The second kappa shape index (κ2) is 9.42. The first-order valence-corrected chi connectivity index (χ1v) is 12.0. The fourth-order valence-corrected chi connectivity index (χ4v) is 5.56. The Kier molecular flexibility index (Phi) is 6.45. The third-order valence-electron chi connectivity index (χ3n) is 5.44. The third kappa shape index (κ3) is 5.38. The Morgan fingerprint density at radius 1 is 1.10 bits per heavy atom. The van der Waals surface area contributed by atoms with Gasteiger partial charge in [0.1, 0.15) is 6.33 Å². The fraction of sp³-hybridized carbons (Fsp3) is 0.429. The van der Waals surface area contributed by atoms with Crippen molar-refractivity contribution in [2.75, 3.05) is 19.7 Å². The van der Waals surface area contributed by atoms with Crippen molar-refractivity contribution in [3.8, 4) is 0 Å². The van der Waals surface area contributed by atoms with Crippen molar-refractivity contribution in [1.29, 1.82) is 0 Å². The number of amides is 1. The summed E-state index contributed by atoms with van der Waals surface area (Å²) in [5.41, 5.74) is 1.78.